The van der Waals surface area contributed by atoms with Crippen molar-refractivity contribution in [2.45, 2.75) is 6.54 Å². The lowest BCUT2D eigenvalue weighted by Gasteiger charge is -2.09. The Morgan fingerprint density at radius 1 is 1.32 bits per heavy atom. The topological polar surface area (TPSA) is 141 Å². The first-order chi connectivity index (χ1) is 14.8. The maximum Gasteiger partial charge on any atom is 0.373 e. The molecule has 1 saturated heterocycles. The number of amides is 3. The van der Waals surface area contributed by atoms with Gasteiger partial charge in [0.1, 0.15) is 23.8 Å². The van der Waals surface area contributed by atoms with Gasteiger partial charge >= 0.3 is 12.0 Å². The van der Waals surface area contributed by atoms with Crippen molar-refractivity contribution in [3.05, 3.63) is 75.9 Å². The van der Waals surface area contributed by atoms with Crippen molar-refractivity contribution >= 4 is 29.7 Å². The Kier molecular flexibility index (Phi) is 6.15. The van der Waals surface area contributed by atoms with E-state index in [-0.39, 0.29) is 47.4 Å². The maximum absolute atomic E-state index is 12.7. The molecule has 1 aliphatic rings. The number of nitrogens with zero attached hydrogens (tertiary/aromatic N) is 2. The second kappa shape index (κ2) is 8.95. The number of hydrogen-bond acceptors (Lipinski definition) is 8. The average Bonchev–Trinajstić information content (AvgIpc) is 3.32. The number of benzene rings is 1. The summed E-state index contributed by atoms with van der Waals surface area (Å²) in [7, 11) is 1.19. The molecule has 11 heteroatoms. The third kappa shape index (κ3) is 4.61. The van der Waals surface area contributed by atoms with E-state index in [1.165, 1.54) is 49.6 Å². The van der Waals surface area contributed by atoms with E-state index in [1.54, 1.807) is 0 Å². The van der Waals surface area contributed by atoms with Gasteiger partial charge in [-0.15, -0.1) is 0 Å². The van der Waals surface area contributed by atoms with Crippen LogP contribution in [0.1, 0.15) is 21.9 Å². The first kappa shape index (κ1) is 21.3. The molecule has 1 aliphatic heterocycles. The zero-order chi connectivity index (χ0) is 22.5. The Morgan fingerprint density at radius 3 is 2.77 bits per heavy atom. The number of ether oxygens (including phenoxy) is 2. The summed E-state index contributed by atoms with van der Waals surface area (Å²) in [5.41, 5.74) is -0.0846. The van der Waals surface area contributed by atoms with Crippen molar-refractivity contribution in [2.24, 2.45) is 0 Å². The minimum Gasteiger partial charge on any atom is -0.489 e. The van der Waals surface area contributed by atoms with Crippen molar-refractivity contribution in [3.8, 4) is 5.75 Å². The van der Waals surface area contributed by atoms with Gasteiger partial charge in [-0.2, -0.15) is 0 Å². The molecular weight excluding hydrogens is 410 g/mol. The monoisotopic (exact) mass is 427 g/mol. The molecule has 3 rings (SSSR count). The van der Waals surface area contributed by atoms with Gasteiger partial charge in [0.25, 0.3) is 11.6 Å². The lowest BCUT2D eigenvalue weighted by Crippen LogP contribution is -2.30. The predicted octanol–water partition coefficient (Wildman–Crippen LogP) is 2.63. The first-order valence-electron chi connectivity index (χ1n) is 8.87. The first-order valence-corrected chi connectivity index (χ1v) is 8.87. The minimum absolute atomic E-state index is 0.0686. The second-order valence-corrected chi connectivity index (χ2v) is 6.22. The Bertz CT molecular complexity index is 1100. The number of esters is 1. The van der Waals surface area contributed by atoms with E-state index in [1.807, 2.05) is 0 Å². The molecule has 0 spiro atoms. The SMILES string of the molecule is C=CCOc1ccc([N+](=O)[O-])cc1C=C1NC(=O)N(Cc2ccc(C(=O)OC)o2)C1=O. The number of imide groups is 1. The van der Waals surface area contributed by atoms with Gasteiger partial charge in [0.15, 0.2) is 0 Å². The highest BCUT2D eigenvalue weighted by Gasteiger charge is 2.34. The largest absolute Gasteiger partial charge is 0.489 e. The van der Waals surface area contributed by atoms with E-state index < -0.39 is 22.8 Å². The van der Waals surface area contributed by atoms with Crippen molar-refractivity contribution in [1.29, 1.82) is 0 Å². The molecule has 11 nitrogen and oxygen atoms in total. The van der Waals surface area contributed by atoms with Gasteiger partial charge < -0.3 is 19.2 Å². The molecule has 0 bridgehead atoms. The van der Waals surface area contributed by atoms with Crippen molar-refractivity contribution in [3.63, 3.8) is 0 Å². The zero-order valence-electron chi connectivity index (χ0n) is 16.3. The van der Waals surface area contributed by atoms with Crippen LogP contribution in [0.3, 0.4) is 0 Å². The molecule has 0 saturated carbocycles. The second-order valence-electron chi connectivity index (χ2n) is 6.22. The predicted molar refractivity (Wildman–Crippen MR) is 106 cm³/mol. The molecule has 1 aromatic heterocycles. The van der Waals surface area contributed by atoms with Crippen LogP contribution < -0.4 is 10.1 Å². The van der Waals surface area contributed by atoms with Gasteiger partial charge in [0.05, 0.1) is 18.6 Å². The standard InChI is InChI=1S/C20H17N3O8/c1-3-8-30-16-6-4-13(23(27)28)9-12(16)10-15-18(24)22(20(26)21-15)11-14-5-7-17(31-14)19(25)29-2/h3-7,9-10H,1,8,11H2,2H3,(H,21,26). The van der Waals surface area contributed by atoms with Crippen LogP contribution in [-0.4, -0.2) is 41.4 Å². The number of carbonyl (C=O) groups is 3. The van der Waals surface area contributed by atoms with Crippen molar-refractivity contribution in [1.82, 2.24) is 10.2 Å². The van der Waals surface area contributed by atoms with E-state index >= 15 is 0 Å². The van der Waals surface area contributed by atoms with Crippen LogP contribution in [0.5, 0.6) is 5.75 Å². The highest BCUT2D eigenvalue weighted by Crippen LogP contribution is 2.28. The molecular formula is C20H17N3O8. The Hall–Kier alpha value is -4.41. The van der Waals surface area contributed by atoms with E-state index in [4.69, 9.17) is 9.15 Å². The van der Waals surface area contributed by atoms with E-state index in [0.29, 0.717) is 0 Å². The lowest BCUT2D eigenvalue weighted by atomic mass is 10.1. The molecule has 0 atom stereocenters. The number of carbonyl (C=O) groups excluding carboxylic acids is 3. The van der Waals surface area contributed by atoms with Crippen LogP contribution in [0.15, 0.2) is 53.1 Å². The third-order valence-corrected chi connectivity index (χ3v) is 4.19. The maximum atomic E-state index is 12.7. The van der Waals surface area contributed by atoms with Gasteiger partial charge in [-0.3, -0.25) is 19.8 Å². The number of nitro groups is 1. The van der Waals surface area contributed by atoms with Crippen LogP contribution in [0, 0.1) is 10.1 Å². The van der Waals surface area contributed by atoms with Gasteiger partial charge in [0.2, 0.25) is 5.76 Å². The normalized spacial score (nSPS) is 14.5. The number of non-ortho nitro benzene ring substituents is 1. The van der Waals surface area contributed by atoms with Gasteiger partial charge in [-0.25, -0.2) is 9.59 Å². The Balaban J connectivity index is 1.86. The summed E-state index contributed by atoms with van der Waals surface area (Å²) < 4.78 is 15.3. The number of furan rings is 1. The van der Waals surface area contributed by atoms with Gasteiger partial charge in [-0.1, -0.05) is 12.7 Å². The van der Waals surface area contributed by atoms with Gasteiger partial charge in [-0.05, 0) is 24.3 Å². The third-order valence-electron chi connectivity index (χ3n) is 4.19. The number of rotatable bonds is 8. The van der Waals surface area contributed by atoms with Crippen molar-refractivity contribution < 1.29 is 33.2 Å². The molecule has 0 aliphatic carbocycles. The number of hydrogen-bond donors (Lipinski definition) is 1. The molecule has 1 fully saturated rings. The number of urea groups is 1. The molecule has 2 heterocycles. The fraction of sp³-hybridized carbons (Fsp3) is 0.150. The summed E-state index contributed by atoms with van der Waals surface area (Å²) in [5.74, 6) is -0.979. The summed E-state index contributed by atoms with van der Waals surface area (Å²) >= 11 is 0. The van der Waals surface area contributed by atoms with Crippen LogP contribution in [0.2, 0.25) is 0 Å². The highest BCUT2D eigenvalue weighted by atomic mass is 16.6. The molecule has 0 unspecified atom stereocenters. The average molecular weight is 427 g/mol. The van der Waals surface area contributed by atoms with Crippen LogP contribution >= 0.6 is 0 Å². The summed E-state index contributed by atoms with van der Waals surface area (Å²) in [6, 6.07) is 5.97. The van der Waals surface area contributed by atoms with Crippen LogP contribution in [0.25, 0.3) is 6.08 Å². The summed E-state index contributed by atoms with van der Waals surface area (Å²) in [5, 5.41) is 13.5. The molecule has 0 radical (unpaired) electrons. The number of nitrogens with one attached hydrogen (secondary N) is 1. The molecule has 1 N–H and O–H groups in total. The smallest absolute Gasteiger partial charge is 0.373 e. The number of methoxy groups -OCH3 is 1. The lowest BCUT2D eigenvalue weighted by molar-refractivity contribution is -0.384. The Labute approximate surface area is 175 Å². The quantitative estimate of drug-likeness (QED) is 0.169. The molecule has 2 aromatic rings. The molecule has 160 valence electrons. The van der Waals surface area contributed by atoms with E-state index in [0.717, 1.165) is 4.90 Å². The highest BCUT2D eigenvalue weighted by molar-refractivity contribution is 6.14. The fourth-order valence-electron chi connectivity index (χ4n) is 2.74. The summed E-state index contributed by atoms with van der Waals surface area (Å²) in [6.07, 6.45) is 2.78. The molecule has 3 amide bonds. The van der Waals surface area contributed by atoms with E-state index in [9.17, 15) is 24.5 Å². The summed E-state index contributed by atoms with van der Waals surface area (Å²) in [4.78, 5) is 47.9. The van der Waals surface area contributed by atoms with Crippen LogP contribution in [0.4, 0.5) is 10.5 Å². The molecule has 31 heavy (non-hydrogen) atoms. The summed E-state index contributed by atoms with van der Waals surface area (Å²) in [6.45, 7) is 3.45. The number of nitro benzene ring substituents is 1. The van der Waals surface area contributed by atoms with Crippen molar-refractivity contribution in [2.75, 3.05) is 13.7 Å². The van der Waals surface area contributed by atoms with Crippen LogP contribution in [-0.2, 0) is 16.1 Å². The Morgan fingerprint density at radius 2 is 2.10 bits per heavy atom. The fourth-order valence-corrected chi connectivity index (χ4v) is 2.74. The molecule has 1 aromatic carbocycles. The minimum atomic E-state index is -0.716. The van der Waals surface area contributed by atoms with Gasteiger partial charge in [0, 0.05) is 17.7 Å². The zero-order valence-corrected chi connectivity index (χ0v) is 16.3. The van der Waals surface area contributed by atoms with E-state index in [2.05, 4.69) is 16.6 Å².